The minimum Gasteiger partial charge on any atom is -0.211 e. The van der Waals surface area contributed by atoms with Crippen LogP contribution in [0.4, 0.5) is 0 Å². The molecular weight excluding hydrogens is 330 g/mol. The second-order valence-electron chi connectivity index (χ2n) is 9.48. The molecule has 0 heterocycles. The maximum atomic E-state index is 12.7. The van der Waals surface area contributed by atoms with E-state index in [4.69, 9.17) is 0 Å². The molecule has 4 aliphatic rings. The third-order valence-corrected chi connectivity index (χ3v) is 8.10. The van der Waals surface area contributed by atoms with Crippen LogP contribution in [0.15, 0.2) is 29.2 Å². The van der Waals surface area contributed by atoms with Crippen molar-refractivity contribution in [3.63, 3.8) is 0 Å². The Morgan fingerprint density at radius 3 is 2.00 bits per heavy atom. The zero-order valence-electron chi connectivity index (χ0n) is 15.5. The molecule has 0 aliphatic heterocycles. The number of nitrogens with one attached hydrogen (secondary N) is 1. The topological polar surface area (TPSA) is 46.2 Å². The van der Waals surface area contributed by atoms with Gasteiger partial charge in [0.25, 0.3) is 0 Å². The molecule has 0 amide bonds. The molecule has 0 spiro atoms. The lowest BCUT2D eigenvalue weighted by atomic mass is 9.50. The van der Waals surface area contributed by atoms with Gasteiger partial charge < -0.3 is 0 Å². The van der Waals surface area contributed by atoms with Gasteiger partial charge in [0.15, 0.2) is 0 Å². The summed E-state index contributed by atoms with van der Waals surface area (Å²) < 4.78 is 28.5. The summed E-state index contributed by atoms with van der Waals surface area (Å²) in [5.74, 6) is 3.14. The van der Waals surface area contributed by atoms with Crippen molar-refractivity contribution in [3.05, 3.63) is 29.8 Å². The minimum absolute atomic E-state index is 0.236. The quantitative estimate of drug-likeness (QED) is 0.817. The number of sulfonamides is 1. The van der Waals surface area contributed by atoms with E-state index >= 15 is 0 Å². The van der Waals surface area contributed by atoms with Gasteiger partial charge in [-0.3, -0.25) is 0 Å². The Bertz CT molecular complexity index is 685. The zero-order valence-corrected chi connectivity index (χ0v) is 16.3. The highest BCUT2D eigenvalue weighted by atomic mass is 32.2. The fourth-order valence-electron chi connectivity index (χ4n) is 6.11. The molecule has 5 rings (SSSR count). The molecule has 4 heteroatoms. The van der Waals surface area contributed by atoms with Crippen molar-refractivity contribution in [1.82, 2.24) is 4.72 Å². The standard InChI is InChI=1S/C21H31NO2S/c1-15(2)7-16-3-5-20(6-4-16)25(23,24)22-14-21-11-17-8-18(12-21)10-19(9-17)13-21/h3-6,15,17-19,22H,7-14H2,1-2H3. The van der Waals surface area contributed by atoms with Gasteiger partial charge in [0.2, 0.25) is 10.0 Å². The summed E-state index contributed by atoms with van der Waals surface area (Å²) in [5, 5.41) is 0. The first kappa shape index (κ1) is 17.5. The van der Waals surface area contributed by atoms with Gasteiger partial charge in [-0.05, 0) is 91.7 Å². The maximum Gasteiger partial charge on any atom is 0.240 e. The van der Waals surface area contributed by atoms with E-state index in [1.807, 2.05) is 12.1 Å². The van der Waals surface area contributed by atoms with Crippen LogP contribution in [0.3, 0.4) is 0 Å². The van der Waals surface area contributed by atoms with Gasteiger partial charge >= 0.3 is 0 Å². The molecule has 3 nitrogen and oxygen atoms in total. The summed E-state index contributed by atoms with van der Waals surface area (Å²) in [6, 6.07) is 7.44. The second kappa shape index (κ2) is 6.38. The molecule has 4 fully saturated rings. The van der Waals surface area contributed by atoms with Crippen LogP contribution >= 0.6 is 0 Å². The Balaban J connectivity index is 1.43. The normalized spacial score (nSPS) is 34.0. The van der Waals surface area contributed by atoms with Gasteiger partial charge in [-0.15, -0.1) is 0 Å². The van der Waals surface area contributed by atoms with Crippen LogP contribution in [-0.4, -0.2) is 15.0 Å². The van der Waals surface area contributed by atoms with E-state index < -0.39 is 10.0 Å². The molecule has 1 aromatic carbocycles. The second-order valence-corrected chi connectivity index (χ2v) is 11.3. The molecule has 4 saturated carbocycles. The molecule has 25 heavy (non-hydrogen) atoms. The molecule has 0 radical (unpaired) electrons. The van der Waals surface area contributed by atoms with Gasteiger partial charge in [0.05, 0.1) is 4.90 Å². The van der Waals surface area contributed by atoms with Gasteiger partial charge in [-0.1, -0.05) is 26.0 Å². The summed E-state index contributed by atoms with van der Waals surface area (Å²) in [6.07, 6.45) is 8.86. The van der Waals surface area contributed by atoms with Crippen molar-refractivity contribution in [2.75, 3.05) is 6.54 Å². The lowest BCUT2D eigenvalue weighted by Crippen LogP contribution is -2.51. The maximum absolute atomic E-state index is 12.7. The van der Waals surface area contributed by atoms with E-state index in [1.54, 1.807) is 12.1 Å². The van der Waals surface area contributed by atoms with Crippen molar-refractivity contribution >= 4 is 10.0 Å². The highest BCUT2D eigenvalue weighted by Gasteiger charge is 2.50. The average Bonchev–Trinajstić information content (AvgIpc) is 2.52. The van der Waals surface area contributed by atoms with Crippen LogP contribution in [0.25, 0.3) is 0 Å². The Morgan fingerprint density at radius 1 is 1.00 bits per heavy atom. The Kier molecular flexibility index (Phi) is 4.48. The lowest BCUT2D eigenvalue weighted by molar-refractivity contribution is -0.0487. The molecule has 0 atom stereocenters. The minimum atomic E-state index is -3.40. The molecule has 1 aromatic rings. The average molecular weight is 362 g/mol. The third-order valence-electron chi connectivity index (χ3n) is 6.68. The smallest absolute Gasteiger partial charge is 0.211 e. The summed E-state index contributed by atoms with van der Waals surface area (Å²) in [6.45, 7) is 4.99. The predicted octanol–water partition coefficient (Wildman–Crippen LogP) is 4.38. The van der Waals surface area contributed by atoms with Gasteiger partial charge in [0, 0.05) is 6.54 Å². The van der Waals surface area contributed by atoms with Gasteiger partial charge in [0.1, 0.15) is 0 Å². The first-order valence-corrected chi connectivity index (χ1v) is 11.4. The van der Waals surface area contributed by atoms with Gasteiger partial charge in [-0.25, -0.2) is 13.1 Å². The van der Waals surface area contributed by atoms with E-state index in [0.717, 1.165) is 24.2 Å². The molecular formula is C21H31NO2S. The summed E-state index contributed by atoms with van der Waals surface area (Å²) in [4.78, 5) is 0.407. The van der Waals surface area contributed by atoms with Crippen LogP contribution in [0.1, 0.15) is 57.9 Å². The van der Waals surface area contributed by atoms with Crippen LogP contribution in [0.5, 0.6) is 0 Å². The molecule has 0 aromatic heterocycles. The highest BCUT2D eigenvalue weighted by molar-refractivity contribution is 7.89. The number of rotatable bonds is 6. The number of benzene rings is 1. The third kappa shape index (κ3) is 3.66. The zero-order chi connectivity index (χ0) is 17.7. The largest absolute Gasteiger partial charge is 0.240 e. The van der Waals surface area contributed by atoms with Crippen LogP contribution < -0.4 is 4.72 Å². The summed E-state index contributed by atoms with van der Waals surface area (Å²) in [5.41, 5.74) is 1.44. The molecule has 0 saturated heterocycles. The summed E-state index contributed by atoms with van der Waals surface area (Å²) in [7, 11) is -3.40. The molecule has 0 unspecified atom stereocenters. The van der Waals surface area contributed by atoms with E-state index in [9.17, 15) is 8.42 Å². The Hall–Kier alpha value is -0.870. The lowest BCUT2D eigenvalue weighted by Gasteiger charge is -2.56. The van der Waals surface area contributed by atoms with E-state index in [2.05, 4.69) is 18.6 Å². The summed E-state index contributed by atoms with van der Waals surface area (Å²) >= 11 is 0. The Morgan fingerprint density at radius 2 is 1.52 bits per heavy atom. The fourth-order valence-corrected chi connectivity index (χ4v) is 7.27. The van der Waals surface area contributed by atoms with E-state index in [-0.39, 0.29) is 5.41 Å². The fraction of sp³-hybridized carbons (Fsp3) is 0.714. The first-order valence-electron chi connectivity index (χ1n) is 9.92. The van der Waals surface area contributed by atoms with E-state index in [1.165, 1.54) is 44.1 Å². The van der Waals surface area contributed by atoms with E-state index in [0.29, 0.717) is 17.4 Å². The monoisotopic (exact) mass is 361 g/mol. The van der Waals surface area contributed by atoms with Crippen molar-refractivity contribution in [1.29, 1.82) is 0 Å². The first-order chi connectivity index (χ1) is 11.8. The van der Waals surface area contributed by atoms with Crippen molar-refractivity contribution in [3.8, 4) is 0 Å². The van der Waals surface area contributed by atoms with Gasteiger partial charge in [-0.2, -0.15) is 0 Å². The molecule has 1 N–H and O–H groups in total. The van der Waals surface area contributed by atoms with Crippen molar-refractivity contribution in [2.24, 2.45) is 29.1 Å². The predicted molar refractivity (Wildman–Crippen MR) is 101 cm³/mol. The molecule has 4 aliphatic carbocycles. The van der Waals surface area contributed by atoms with Crippen molar-refractivity contribution in [2.45, 2.75) is 63.7 Å². The number of hydrogen-bond acceptors (Lipinski definition) is 2. The Labute approximate surface area is 152 Å². The molecule has 4 bridgehead atoms. The van der Waals surface area contributed by atoms with Crippen LogP contribution in [0, 0.1) is 29.1 Å². The van der Waals surface area contributed by atoms with Crippen LogP contribution in [-0.2, 0) is 16.4 Å². The van der Waals surface area contributed by atoms with Crippen molar-refractivity contribution < 1.29 is 8.42 Å². The van der Waals surface area contributed by atoms with Crippen LogP contribution in [0.2, 0.25) is 0 Å². The molecule has 138 valence electrons. The number of hydrogen-bond donors (Lipinski definition) is 1. The SMILES string of the molecule is CC(C)Cc1ccc(S(=O)(=O)NCC23CC4CC(CC(C4)C2)C3)cc1. The highest BCUT2D eigenvalue weighted by Crippen LogP contribution is 2.59.